The topological polar surface area (TPSA) is 57.2 Å². The predicted molar refractivity (Wildman–Crippen MR) is 108 cm³/mol. The molecule has 1 amide bonds. The van der Waals surface area contributed by atoms with E-state index in [9.17, 15) is 4.79 Å². The third kappa shape index (κ3) is 8.00. The summed E-state index contributed by atoms with van der Waals surface area (Å²) < 4.78 is 5.68. The van der Waals surface area contributed by atoms with Crippen LogP contribution in [0.4, 0.5) is 0 Å². The maximum atomic E-state index is 12.2. The maximum absolute atomic E-state index is 12.2. The minimum atomic E-state index is 0. The average molecular weight is 452 g/mol. The van der Waals surface area contributed by atoms with Gasteiger partial charge in [-0.25, -0.2) is 4.99 Å². The molecule has 0 radical (unpaired) electrons. The number of likely N-dealkylation sites (N-methyl/N-ethyl adjacent to an activating group) is 1. The largest absolute Gasteiger partial charge is 0.379 e. The van der Waals surface area contributed by atoms with Crippen LogP contribution in [0.1, 0.15) is 39.0 Å². The molecule has 1 aliphatic carbocycles. The quantitative estimate of drug-likeness (QED) is 0.265. The van der Waals surface area contributed by atoms with Crippen LogP contribution in [0.15, 0.2) is 4.99 Å². The van der Waals surface area contributed by atoms with E-state index in [2.05, 4.69) is 10.3 Å². The number of hydrogen-bond donors (Lipinski definition) is 1. The number of nitrogens with zero attached hydrogens (tertiary/aromatic N) is 3. The van der Waals surface area contributed by atoms with Gasteiger partial charge in [-0.3, -0.25) is 4.79 Å². The van der Waals surface area contributed by atoms with Gasteiger partial charge in [0.1, 0.15) is 6.54 Å². The zero-order valence-corrected chi connectivity index (χ0v) is 17.5. The molecule has 0 aromatic carbocycles. The number of guanidine groups is 1. The lowest BCUT2D eigenvalue weighted by Crippen LogP contribution is -2.42. The Morgan fingerprint density at radius 1 is 1.29 bits per heavy atom. The summed E-state index contributed by atoms with van der Waals surface area (Å²) in [6.45, 7) is 7.22. The zero-order valence-electron chi connectivity index (χ0n) is 15.1. The summed E-state index contributed by atoms with van der Waals surface area (Å²) in [6, 6.07) is 0. The molecule has 0 spiro atoms. The molecule has 2 aliphatic rings. The number of nitrogens with one attached hydrogen (secondary N) is 1. The number of likely N-dealkylation sites (tertiary alicyclic amines) is 1. The number of piperidine rings is 1. The Balaban J connectivity index is 0.00000288. The summed E-state index contributed by atoms with van der Waals surface area (Å²) in [5.74, 6) is 1.72. The van der Waals surface area contributed by atoms with Crippen LogP contribution in [0, 0.1) is 5.92 Å². The lowest BCUT2D eigenvalue weighted by molar-refractivity contribution is -0.130. The Bertz CT molecular complexity index is 396. The Kier molecular flexibility index (Phi) is 10.6. The summed E-state index contributed by atoms with van der Waals surface area (Å²) in [5, 5.41) is 3.25. The van der Waals surface area contributed by atoms with E-state index < -0.39 is 0 Å². The van der Waals surface area contributed by atoms with Crippen LogP contribution in [0.25, 0.3) is 0 Å². The molecule has 0 atom stereocenters. The first-order valence-electron chi connectivity index (χ1n) is 9.05. The third-order valence-electron chi connectivity index (χ3n) is 4.39. The van der Waals surface area contributed by atoms with Gasteiger partial charge in [-0.2, -0.15) is 0 Å². The van der Waals surface area contributed by atoms with Crippen molar-refractivity contribution < 1.29 is 9.53 Å². The van der Waals surface area contributed by atoms with E-state index in [1.54, 1.807) is 0 Å². The van der Waals surface area contributed by atoms with Crippen molar-refractivity contribution in [2.75, 3.05) is 53.0 Å². The second-order valence-corrected chi connectivity index (χ2v) is 6.55. The Labute approximate surface area is 163 Å². The summed E-state index contributed by atoms with van der Waals surface area (Å²) in [7, 11) is 1.99. The van der Waals surface area contributed by atoms with Crippen LogP contribution in [-0.2, 0) is 9.53 Å². The Hall–Kier alpha value is -0.570. The van der Waals surface area contributed by atoms with E-state index in [0.717, 1.165) is 57.5 Å². The fraction of sp³-hybridized carbons (Fsp3) is 0.882. The third-order valence-corrected chi connectivity index (χ3v) is 4.39. The van der Waals surface area contributed by atoms with Gasteiger partial charge < -0.3 is 19.9 Å². The van der Waals surface area contributed by atoms with E-state index in [1.165, 1.54) is 19.3 Å². The summed E-state index contributed by atoms with van der Waals surface area (Å²) in [6.07, 6.45) is 6.11. The molecule has 7 heteroatoms. The van der Waals surface area contributed by atoms with Crippen LogP contribution >= 0.6 is 24.0 Å². The number of halogens is 1. The molecule has 1 saturated carbocycles. The molecular formula is C17H33IN4O2. The second-order valence-electron chi connectivity index (χ2n) is 6.55. The smallest absolute Gasteiger partial charge is 0.244 e. The molecule has 0 unspecified atom stereocenters. The van der Waals surface area contributed by atoms with Crippen molar-refractivity contribution in [2.24, 2.45) is 10.9 Å². The van der Waals surface area contributed by atoms with E-state index >= 15 is 0 Å². The number of aliphatic imine (C=N–C) groups is 1. The molecule has 140 valence electrons. The van der Waals surface area contributed by atoms with Gasteiger partial charge in [0, 0.05) is 39.8 Å². The van der Waals surface area contributed by atoms with Crippen LogP contribution in [-0.4, -0.2) is 74.7 Å². The van der Waals surface area contributed by atoms with Gasteiger partial charge in [0.2, 0.25) is 5.91 Å². The standard InChI is InChI=1S/C17H32N4O2.HI/c1-3-18-17(20(2)11-12-23-14-15-7-8-15)19-13-16(22)21-9-5-4-6-10-21;/h15H,3-14H2,1-2H3,(H,18,19);1H. The SMILES string of the molecule is CCNC(=NCC(=O)N1CCCCC1)N(C)CCOCC1CC1.I. The molecule has 0 bridgehead atoms. The fourth-order valence-corrected chi connectivity index (χ4v) is 2.70. The van der Waals surface area contributed by atoms with Crippen molar-refractivity contribution >= 4 is 35.8 Å². The molecule has 2 rings (SSSR count). The highest BCUT2D eigenvalue weighted by Gasteiger charge is 2.21. The second kappa shape index (κ2) is 11.9. The summed E-state index contributed by atoms with van der Waals surface area (Å²) in [5.41, 5.74) is 0. The van der Waals surface area contributed by atoms with Crippen LogP contribution in [0.5, 0.6) is 0 Å². The monoisotopic (exact) mass is 452 g/mol. The van der Waals surface area contributed by atoms with Crippen molar-refractivity contribution in [3.05, 3.63) is 0 Å². The predicted octanol–water partition coefficient (Wildman–Crippen LogP) is 1.94. The lowest BCUT2D eigenvalue weighted by Gasteiger charge is -2.26. The first kappa shape index (κ1) is 21.5. The van der Waals surface area contributed by atoms with Gasteiger partial charge in [0.25, 0.3) is 0 Å². The van der Waals surface area contributed by atoms with Crippen molar-refractivity contribution in [3.63, 3.8) is 0 Å². The van der Waals surface area contributed by atoms with E-state index in [-0.39, 0.29) is 36.4 Å². The lowest BCUT2D eigenvalue weighted by atomic mass is 10.1. The number of rotatable bonds is 8. The molecule has 0 aromatic heterocycles. The molecule has 2 fully saturated rings. The van der Waals surface area contributed by atoms with Crippen molar-refractivity contribution in [1.29, 1.82) is 0 Å². The zero-order chi connectivity index (χ0) is 16.5. The summed E-state index contributed by atoms with van der Waals surface area (Å²) in [4.78, 5) is 20.7. The van der Waals surface area contributed by atoms with Gasteiger partial charge >= 0.3 is 0 Å². The van der Waals surface area contributed by atoms with E-state index in [0.29, 0.717) is 6.61 Å². The molecule has 6 nitrogen and oxygen atoms in total. The Morgan fingerprint density at radius 2 is 2.00 bits per heavy atom. The maximum Gasteiger partial charge on any atom is 0.244 e. The number of hydrogen-bond acceptors (Lipinski definition) is 3. The Morgan fingerprint density at radius 3 is 2.62 bits per heavy atom. The fourth-order valence-electron chi connectivity index (χ4n) is 2.70. The number of amides is 1. The summed E-state index contributed by atoms with van der Waals surface area (Å²) >= 11 is 0. The normalized spacial score (nSPS) is 18.1. The molecule has 1 N–H and O–H groups in total. The van der Waals surface area contributed by atoms with Crippen LogP contribution < -0.4 is 5.32 Å². The van der Waals surface area contributed by atoms with E-state index in [4.69, 9.17) is 4.74 Å². The molecule has 24 heavy (non-hydrogen) atoms. The first-order valence-corrected chi connectivity index (χ1v) is 9.05. The van der Waals surface area contributed by atoms with Crippen LogP contribution in [0.3, 0.4) is 0 Å². The molecular weight excluding hydrogens is 419 g/mol. The molecule has 1 heterocycles. The number of carbonyl (C=O) groups excluding carboxylic acids is 1. The van der Waals surface area contributed by atoms with Crippen LogP contribution in [0.2, 0.25) is 0 Å². The minimum Gasteiger partial charge on any atom is -0.379 e. The highest BCUT2D eigenvalue weighted by Crippen LogP contribution is 2.28. The van der Waals surface area contributed by atoms with Crippen molar-refractivity contribution in [2.45, 2.75) is 39.0 Å². The average Bonchev–Trinajstić information content (AvgIpc) is 3.40. The number of ether oxygens (including phenoxy) is 1. The van der Waals surface area contributed by atoms with Crippen molar-refractivity contribution in [1.82, 2.24) is 15.1 Å². The van der Waals surface area contributed by atoms with E-state index in [1.807, 2.05) is 23.8 Å². The highest BCUT2D eigenvalue weighted by atomic mass is 127. The number of carbonyl (C=O) groups is 1. The first-order chi connectivity index (χ1) is 11.2. The van der Waals surface area contributed by atoms with Gasteiger partial charge in [-0.15, -0.1) is 24.0 Å². The molecule has 1 aliphatic heterocycles. The molecule has 0 aromatic rings. The van der Waals surface area contributed by atoms with Crippen molar-refractivity contribution in [3.8, 4) is 0 Å². The van der Waals surface area contributed by atoms with Gasteiger partial charge in [0.05, 0.1) is 6.61 Å². The minimum absolute atomic E-state index is 0. The highest BCUT2D eigenvalue weighted by molar-refractivity contribution is 14.0. The van der Waals surface area contributed by atoms with Gasteiger partial charge in [-0.05, 0) is 44.9 Å². The molecule has 1 saturated heterocycles. The van der Waals surface area contributed by atoms with Gasteiger partial charge in [0.15, 0.2) is 5.96 Å². The van der Waals surface area contributed by atoms with Gasteiger partial charge in [-0.1, -0.05) is 0 Å².